The molecule has 2 aromatic carbocycles. The fraction of sp³-hybridized carbons (Fsp3) is 0.211. The molecule has 23 heavy (non-hydrogen) atoms. The molecule has 2 N–H and O–H groups in total. The summed E-state index contributed by atoms with van der Waals surface area (Å²) >= 11 is 0. The minimum absolute atomic E-state index is 0.0132. The van der Waals surface area contributed by atoms with Crippen LogP contribution in [-0.2, 0) is 0 Å². The van der Waals surface area contributed by atoms with E-state index in [4.69, 9.17) is 5.73 Å². The monoisotopic (exact) mass is 309 g/mol. The molecule has 1 atom stereocenters. The number of nitrogens with two attached hydrogens (primary N) is 1. The summed E-state index contributed by atoms with van der Waals surface area (Å²) in [7, 11) is 0. The molecule has 118 valence electrons. The zero-order valence-electron chi connectivity index (χ0n) is 13.5. The third-order valence-electron chi connectivity index (χ3n) is 4.09. The van der Waals surface area contributed by atoms with Gasteiger partial charge in [-0.2, -0.15) is 5.10 Å². The van der Waals surface area contributed by atoms with Crippen molar-refractivity contribution in [1.82, 2.24) is 9.78 Å². The maximum atomic E-state index is 13.1. The summed E-state index contributed by atoms with van der Waals surface area (Å²) in [5.41, 5.74) is 11.9. The van der Waals surface area contributed by atoms with Crippen LogP contribution in [0.1, 0.15) is 29.9 Å². The van der Waals surface area contributed by atoms with Gasteiger partial charge in [-0.05, 0) is 56.2 Å². The number of hydrogen-bond acceptors (Lipinski definition) is 2. The highest BCUT2D eigenvalue weighted by molar-refractivity contribution is 5.69. The van der Waals surface area contributed by atoms with Crippen LogP contribution >= 0.6 is 0 Å². The number of halogens is 1. The topological polar surface area (TPSA) is 43.8 Å². The Labute approximate surface area is 135 Å². The van der Waals surface area contributed by atoms with Gasteiger partial charge in [0.2, 0.25) is 0 Å². The second-order valence-electron chi connectivity index (χ2n) is 5.84. The summed E-state index contributed by atoms with van der Waals surface area (Å²) in [5, 5.41) is 4.65. The third kappa shape index (κ3) is 2.90. The predicted molar refractivity (Wildman–Crippen MR) is 91.0 cm³/mol. The molecule has 0 radical (unpaired) electrons. The number of aryl methyl sites for hydroxylation is 1. The van der Waals surface area contributed by atoms with E-state index < -0.39 is 0 Å². The average molecular weight is 309 g/mol. The highest BCUT2D eigenvalue weighted by Crippen LogP contribution is 2.29. The standard InChI is InChI=1S/C19H20FN3/c1-12(21)15-6-10-18(11-7-15)23-14(3)19(13(2)22-23)16-4-8-17(20)9-5-16/h4-12H,21H2,1-3H3. The summed E-state index contributed by atoms with van der Waals surface area (Å²) in [5.74, 6) is -0.233. The number of rotatable bonds is 3. The molecule has 3 aromatic rings. The quantitative estimate of drug-likeness (QED) is 0.783. The lowest BCUT2D eigenvalue weighted by atomic mass is 10.0. The van der Waals surface area contributed by atoms with Crippen molar-refractivity contribution in [2.45, 2.75) is 26.8 Å². The van der Waals surface area contributed by atoms with Crippen LogP contribution in [0.15, 0.2) is 48.5 Å². The lowest BCUT2D eigenvalue weighted by molar-refractivity contribution is 0.628. The zero-order valence-corrected chi connectivity index (χ0v) is 13.5. The van der Waals surface area contributed by atoms with Crippen LogP contribution < -0.4 is 5.73 Å². The Bertz CT molecular complexity index is 815. The number of benzene rings is 2. The van der Waals surface area contributed by atoms with Crippen LogP contribution in [0.3, 0.4) is 0 Å². The van der Waals surface area contributed by atoms with Gasteiger partial charge in [-0.25, -0.2) is 9.07 Å². The summed E-state index contributed by atoms with van der Waals surface area (Å²) in [4.78, 5) is 0. The number of aromatic nitrogens is 2. The molecule has 0 amide bonds. The molecule has 0 saturated heterocycles. The smallest absolute Gasteiger partial charge is 0.123 e. The molecule has 0 fully saturated rings. The van der Waals surface area contributed by atoms with Crippen molar-refractivity contribution < 1.29 is 4.39 Å². The Kier molecular flexibility index (Phi) is 4.01. The molecule has 3 nitrogen and oxygen atoms in total. The van der Waals surface area contributed by atoms with Crippen molar-refractivity contribution >= 4 is 0 Å². The second-order valence-corrected chi connectivity index (χ2v) is 5.84. The van der Waals surface area contributed by atoms with E-state index in [0.29, 0.717) is 0 Å². The van der Waals surface area contributed by atoms with Gasteiger partial charge in [0.15, 0.2) is 0 Å². The van der Waals surface area contributed by atoms with Crippen LogP contribution in [0.2, 0.25) is 0 Å². The van der Waals surface area contributed by atoms with Gasteiger partial charge in [-0.1, -0.05) is 24.3 Å². The van der Waals surface area contributed by atoms with Crippen molar-refractivity contribution in [2.24, 2.45) is 5.73 Å². The van der Waals surface area contributed by atoms with E-state index in [-0.39, 0.29) is 11.9 Å². The first-order chi connectivity index (χ1) is 11.0. The average Bonchev–Trinajstić information content (AvgIpc) is 2.83. The highest BCUT2D eigenvalue weighted by atomic mass is 19.1. The van der Waals surface area contributed by atoms with Gasteiger partial charge < -0.3 is 5.73 Å². The molecule has 1 unspecified atom stereocenters. The summed E-state index contributed by atoms with van der Waals surface area (Å²) in [6.07, 6.45) is 0. The minimum Gasteiger partial charge on any atom is -0.324 e. The van der Waals surface area contributed by atoms with E-state index in [1.54, 1.807) is 12.1 Å². The van der Waals surface area contributed by atoms with Crippen LogP contribution in [0.25, 0.3) is 16.8 Å². The van der Waals surface area contributed by atoms with E-state index >= 15 is 0 Å². The van der Waals surface area contributed by atoms with Gasteiger partial charge in [0.1, 0.15) is 5.82 Å². The Morgan fingerprint density at radius 3 is 2.17 bits per heavy atom. The predicted octanol–water partition coefficient (Wildman–Crippen LogP) is 4.31. The summed E-state index contributed by atoms with van der Waals surface area (Å²) in [6.45, 7) is 5.96. The fourth-order valence-corrected chi connectivity index (χ4v) is 2.85. The van der Waals surface area contributed by atoms with Crippen LogP contribution in [0, 0.1) is 19.7 Å². The summed E-state index contributed by atoms with van der Waals surface area (Å²) < 4.78 is 15.1. The molecule has 1 aromatic heterocycles. The van der Waals surface area contributed by atoms with Gasteiger partial charge >= 0.3 is 0 Å². The third-order valence-corrected chi connectivity index (χ3v) is 4.09. The van der Waals surface area contributed by atoms with Crippen LogP contribution in [0.4, 0.5) is 4.39 Å². The molecular weight excluding hydrogens is 289 g/mol. The molecule has 4 heteroatoms. The molecule has 0 spiro atoms. The molecule has 1 heterocycles. The lowest BCUT2D eigenvalue weighted by Crippen LogP contribution is -2.05. The Hall–Kier alpha value is -2.46. The SMILES string of the molecule is Cc1nn(-c2ccc(C(C)N)cc2)c(C)c1-c1ccc(F)cc1. The molecule has 0 aliphatic heterocycles. The summed E-state index contributed by atoms with van der Waals surface area (Å²) in [6, 6.07) is 14.6. The van der Waals surface area contributed by atoms with E-state index in [2.05, 4.69) is 5.10 Å². The second kappa shape index (κ2) is 5.97. The van der Waals surface area contributed by atoms with Gasteiger partial charge in [0.25, 0.3) is 0 Å². The van der Waals surface area contributed by atoms with Crippen molar-refractivity contribution in [3.63, 3.8) is 0 Å². The van der Waals surface area contributed by atoms with Crippen molar-refractivity contribution in [3.8, 4) is 16.8 Å². The maximum absolute atomic E-state index is 13.1. The molecule has 0 aliphatic carbocycles. The Morgan fingerprint density at radius 2 is 1.61 bits per heavy atom. The van der Waals surface area contributed by atoms with Gasteiger partial charge in [0.05, 0.1) is 11.4 Å². The largest absolute Gasteiger partial charge is 0.324 e. The maximum Gasteiger partial charge on any atom is 0.123 e. The number of hydrogen-bond donors (Lipinski definition) is 1. The Balaban J connectivity index is 2.05. The highest BCUT2D eigenvalue weighted by Gasteiger charge is 2.14. The van der Waals surface area contributed by atoms with Crippen molar-refractivity contribution in [1.29, 1.82) is 0 Å². The molecule has 3 rings (SSSR count). The van der Waals surface area contributed by atoms with E-state index in [1.807, 2.05) is 49.7 Å². The zero-order chi connectivity index (χ0) is 16.6. The molecule has 0 aliphatic rings. The van der Waals surface area contributed by atoms with Crippen molar-refractivity contribution in [2.75, 3.05) is 0 Å². The number of nitrogens with zero attached hydrogens (tertiary/aromatic N) is 2. The molecule has 0 bridgehead atoms. The molecular formula is C19H20FN3. The van der Waals surface area contributed by atoms with E-state index in [0.717, 1.165) is 33.8 Å². The van der Waals surface area contributed by atoms with Gasteiger partial charge in [0, 0.05) is 17.3 Å². The first-order valence-electron chi connectivity index (χ1n) is 7.65. The van der Waals surface area contributed by atoms with Crippen molar-refractivity contribution in [3.05, 3.63) is 71.3 Å². The normalized spacial score (nSPS) is 12.4. The van der Waals surface area contributed by atoms with Gasteiger partial charge in [-0.3, -0.25) is 0 Å². The van der Waals surface area contributed by atoms with Gasteiger partial charge in [-0.15, -0.1) is 0 Å². The Morgan fingerprint density at radius 1 is 1.00 bits per heavy atom. The van der Waals surface area contributed by atoms with Crippen LogP contribution in [-0.4, -0.2) is 9.78 Å². The van der Waals surface area contributed by atoms with E-state index in [9.17, 15) is 4.39 Å². The van der Waals surface area contributed by atoms with E-state index in [1.165, 1.54) is 12.1 Å². The first kappa shape index (κ1) is 15.4. The lowest BCUT2D eigenvalue weighted by Gasteiger charge is -2.09. The fourth-order valence-electron chi connectivity index (χ4n) is 2.85. The first-order valence-corrected chi connectivity index (χ1v) is 7.65. The molecule has 0 saturated carbocycles. The minimum atomic E-state index is -0.233. The van der Waals surface area contributed by atoms with Crippen LogP contribution in [0.5, 0.6) is 0 Å².